The van der Waals surface area contributed by atoms with E-state index >= 15 is 0 Å². The van der Waals surface area contributed by atoms with Crippen LogP contribution in [-0.4, -0.2) is 39.2 Å². The molecule has 1 aliphatic heterocycles. The predicted octanol–water partition coefficient (Wildman–Crippen LogP) is 1.13. The van der Waals surface area contributed by atoms with Gasteiger partial charge in [0.25, 0.3) is 0 Å². The van der Waals surface area contributed by atoms with Gasteiger partial charge in [-0.2, -0.15) is 0 Å². The van der Waals surface area contributed by atoms with Crippen LogP contribution in [0.4, 0.5) is 0 Å². The van der Waals surface area contributed by atoms with Crippen molar-refractivity contribution in [1.82, 2.24) is 14.5 Å². The molecule has 0 spiro atoms. The lowest BCUT2D eigenvalue weighted by atomic mass is 10.2. The Hall–Kier alpha value is -0.650. The molecule has 2 N–H and O–H groups in total. The molecule has 1 aromatic rings. The Morgan fingerprint density at radius 2 is 2.47 bits per heavy atom. The van der Waals surface area contributed by atoms with Gasteiger partial charge in [0.05, 0.1) is 12.3 Å². The van der Waals surface area contributed by atoms with Crippen LogP contribution in [0.3, 0.4) is 0 Å². The lowest BCUT2D eigenvalue weighted by Gasteiger charge is -2.20. The smallest absolute Gasteiger partial charge is 0.177 e. The summed E-state index contributed by atoms with van der Waals surface area (Å²) < 4.78 is 2.71. The lowest BCUT2D eigenvalue weighted by Crippen LogP contribution is -2.29. The molecule has 15 heavy (non-hydrogen) atoms. The van der Waals surface area contributed by atoms with Crippen LogP contribution in [0.1, 0.15) is 18.5 Å². The molecular formula is C10H17N3OS. The molecule has 0 amide bonds. The Morgan fingerprint density at radius 1 is 1.67 bits per heavy atom. The van der Waals surface area contributed by atoms with Crippen molar-refractivity contribution < 1.29 is 5.11 Å². The van der Waals surface area contributed by atoms with E-state index in [1.807, 2.05) is 4.57 Å². The molecule has 84 valence electrons. The summed E-state index contributed by atoms with van der Waals surface area (Å²) in [5, 5.41) is 9.17. The van der Waals surface area contributed by atoms with Gasteiger partial charge in [-0.1, -0.05) is 0 Å². The van der Waals surface area contributed by atoms with E-state index < -0.39 is 0 Å². The molecule has 1 fully saturated rings. The summed E-state index contributed by atoms with van der Waals surface area (Å²) in [4.78, 5) is 5.33. The van der Waals surface area contributed by atoms with Crippen LogP contribution >= 0.6 is 12.2 Å². The molecular weight excluding hydrogens is 210 g/mol. The summed E-state index contributed by atoms with van der Waals surface area (Å²) in [6.45, 7) is 2.09. The molecule has 0 radical (unpaired) electrons. The quantitative estimate of drug-likeness (QED) is 0.761. The number of aromatic nitrogens is 2. The predicted molar refractivity (Wildman–Crippen MR) is 61.2 cm³/mol. The molecule has 0 bridgehead atoms. The van der Waals surface area contributed by atoms with Crippen LogP contribution in [-0.2, 0) is 13.2 Å². The third kappa shape index (κ3) is 2.14. The minimum Gasteiger partial charge on any atom is -0.390 e. The molecule has 1 atom stereocenters. The Balaban J connectivity index is 2.15. The molecule has 0 aromatic carbocycles. The van der Waals surface area contributed by atoms with Crippen LogP contribution in [0.25, 0.3) is 0 Å². The maximum absolute atomic E-state index is 9.17. The number of hydrogen-bond acceptors (Lipinski definition) is 3. The van der Waals surface area contributed by atoms with Crippen LogP contribution < -0.4 is 0 Å². The number of rotatable bonds is 3. The van der Waals surface area contributed by atoms with Crippen molar-refractivity contribution >= 4 is 12.2 Å². The van der Waals surface area contributed by atoms with Crippen molar-refractivity contribution in [3.8, 4) is 0 Å². The second-order valence-corrected chi connectivity index (χ2v) is 4.52. The van der Waals surface area contributed by atoms with Gasteiger partial charge < -0.3 is 19.6 Å². The van der Waals surface area contributed by atoms with Crippen LogP contribution in [0, 0.1) is 4.77 Å². The first-order valence-electron chi connectivity index (χ1n) is 5.30. The zero-order valence-corrected chi connectivity index (χ0v) is 9.76. The number of nitrogens with zero attached hydrogens (tertiary/aromatic N) is 2. The molecule has 5 heteroatoms. The Labute approximate surface area is 94.5 Å². The monoisotopic (exact) mass is 227 g/mol. The molecule has 2 heterocycles. The SMILES string of the molecule is CN1CCCC1Cn1c(CO)c[nH]c1=S. The maximum Gasteiger partial charge on any atom is 0.177 e. The molecule has 1 aliphatic rings. The van der Waals surface area contributed by atoms with Crippen molar-refractivity contribution in [2.45, 2.75) is 32.0 Å². The summed E-state index contributed by atoms with van der Waals surface area (Å²) in [6.07, 6.45) is 4.26. The highest BCUT2D eigenvalue weighted by Gasteiger charge is 2.21. The highest BCUT2D eigenvalue weighted by molar-refractivity contribution is 7.71. The lowest BCUT2D eigenvalue weighted by molar-refractivity contribution is 0.251. The molecule has 0 aliphatic carbocycles. The fourth-order valence-electron chi connectivity index (χ4n) is 2.18. The minimum atomic E-state index is 0.0452. The third-order valence-electron chi connectivity index (χ3n) is 3.18. The van der Waals surface area contributed by atoms with E-state index in [0.717, 1.165) is 18.8 Å². The van der Waals surface area contributed by atoms with Gasteiger partial charge in [-0.25, -0.2) is 0 Å². The van der Waals surface area contributed by atoms with Gasteiger partial charge >= 0.3 is 0 Å². The summed E-state index contributed by atoms with van der Waals surface area (Å²) in [7, 11) is 2.15. The summed E-state index contributed by atoms with van der Waals surface area (Å²) in [6, 6.07) is 0.554. The number of aromatic amines is 1. The van der Waals surface area contributed by atoms with Crippen LogP contribution in [0.2, 0.25) is 0 Å². The zero-order valence-electron chi connectivity index (χ0n) is 8.94. The Kier molecular flexibility index (Phi) is 3.23. The standard InChI is InChI=1S/C10H17N3OS/c1-12-4-2-3-8(12)6-13-9(7-14)5-11-10(13)15/h5,8,14H,2-4,6-7H2,1H3,(H,11,15). The van der Waals surface area contributed by atoms with Crippen LogP contribution in [0.5, 0.6) is 0 Å². The highest BCUT2D eigenvalue weighted by Crippen LogP contribution is 2.17. The van der Waals surface area contributed by atoms with Gasteiger partial charge in [-0.05, 0) is 38.7 Å². The molecule has 0 saturated carbocycles. The van der Waals surface area contributed by atoms with Crippen molar-refractivity contribution in [2.75, 3.05) is 13.6 Å². The van der Waals surface area contributed by atoms with E-state index in [2.05, 4.69) is 16.9 Å². The first-order chi connectivity index (χ1) is 7.22. The van der Waals surface area contributed by atoms with E-state index in [9.17, 15) is 5.11 Å². The average Bonchev–Trinajstić information content (AvgIpc) is 2.77. The van der Waals surface area contributed by atoms with Crippen molar-refractivity contribution in [3.63, 3.8) is 0 Å². The topological polar surface area (TPSA) is 44.2 Å². The summed E-state index contributed by atoms with van der Waals surface area (Å²) in [5.74, 6) is 0. The molecule has 1 unspecified atom stereocenters. The van der Waals surface area contributed by atoms with Crippen LogP contribution in [0.15, 0.2) is 6.20 Å². The van der Waals surface area contributed by atoms with E-state index in [4.69, 9.17) is 12.2 Å². The normalized spacial score (nSPS) is 22.4. The first-order valence-corrected chi connectivity index (χ1v) is 5.71. The largest absolute Gasteiger partial charge is 0.390 e. The Bertz CT molecular complexity index is 384. The van der Waals surface area contributed by atoms with Gasteiger partial charge in [0.2, 0.25) is 0 Å². The van der Waals surface area contributed by atoms with E-state index in [0.29, 0.717) is 10.8 Å². The number of aliphatic hydroxyl groups excluding tert-OH is 1. The van der Waals surface area contributed by atoms with Gasteiger partial charge in [-0.15, -0.1) is 0 Å². The summed E-state index contributed by atoms with van der Waals surface area (Å²) in [5.41, 5.74) is 0.875. The van der Waals surface area contributed by atoms with Crippen molar-refractivity contribution in [2.24, 2.45) is 0 Å². The summed E-state index contributed by atoms with van der Waals surface area (Å²) >= 11 is 5.19. The van der Waals surface area contributed by atoms with Gasteiger partial charge in [-0.3, -0.25) is 0 Å². The number of nitrogens with one attached hydrogen (secondary N) is 1. The van der Waals surface area contributed by atoms with E-state index in [-0.39, 0.29) is 6.61 Å². The molecule has 1 aromatic heterocycles. The molecule has 2 rings (SSSR count). The second-order valence-electron chi connectivity index (χ2n) is 4.13. The highest BCUT2D eigenvalue weighted by atomic mass is 32.1. The number of likely N-dealkylation sites (N-methyl/N-ethyl adjacent to an activating group) is 1. The van der Waals surface area contributed by atoms with Gasteiger partial charge in [0.15, 0.2) is 4.77 Å². The minimum absolute atomic E-state index is 0.0452. The molecule has 4 nitrogen and oxygen atoms in total. The fourth-order valence-corrected chi connectivity index (χ4v) is 2.43. The van der Waals surface area contributed by atoms with E-state index in [1.54, 1.807) is 6.20 Å². The first kappa shape index (κ1) is 10.9. The zero-order chi connectivity index (χ0) is 10.8. The molecule has 1 saturated heterocycles. The number of aliphatic hydroxyl groups is 1. The number of imidazole rings is 1. The number of likely N-dealkylation sites (tertiary alicyclic amines) is 1. The Morgan fingerprint density at radius 3 is 3.07 bits per heavy atom. The maximum atomic E-state index is 9.17. The fraction of sp³-hybridized carbons (Fsp3) is 0.700. The number of hydrogen-bond donors (Lipinski definition) is 2. The average molecular weight is 227 g/mol. The van der Waals surface area contributed by atoms with Crippen molar-refractivity contribution in [3.05, 3.63) is 16.7 Å². The third-order valence-corrected chi connectivity index (χ3v) is 3.52. The van der Waals surface area contributed by atoms with E-state index in [1.165, 1.54) is 12.8 Å². The number of H-pyrrole nitrogens is 1. The van der Waals surface area contributed by atoms with Gasteiger partial charge in [0, 0.05) is 18.8 Å². The van der Waals surface area contributed by atoms with Gasteiger partial charge in [0.1, 0.15) is 0 Å². The van der Waals surface area contributed by atoms with Crippen molar-refractivity contribution in [1.29, 1.82) is 0 Å². The second kappa shape index (κ2) is 4.47.